The Bertz CT molecular complexity index is 353. The summed E-state index contributed by atoms with van der Waals surface area (Å²) in [5.41, 5.74) is 0.192. The third-order valence-corrected chi connectivity index (χ3v) is 2.27. The van der Waals surface area contributed by atoms with Crippen molar-refractivity contribution in [1.29, 1.82) is 0 Å². The van der Waals surface area contributed by atoms with Crippen molar-refractivity contribution in [2.24, 2.45) is 0 Å². The van der Waals surface area contributed by atoms with Gasteiger partial charge in [0.2, 0.25) is 0 Å². The number of esters is 1. The summed E-state index contributed by atoms with van der Waals surface area (Å²) < 4.78 is 9.60. The molecule has 0 aliphatic heterocycles. The van der Waals surface area contributed by atoms with Gasteiger partial charge >= 0.3 is 5.97 Å². The van der Waals surface area contributed by atoms with E-state index in [1.165, 1.54) is 7.11 Å². The molecule has 0 saturated carbocycles. The van der Waals surface area contributed by atoms with Crippen LogP contribution in [-0.4, -0.2) is 43.0 Å². The molecule has 1 aromatic rings. The maximum atomic E-state index is 11.1. The molecule has 6 nitrogen and oxygen atoms in total. The fourth-order valence-corrected chi connectivity index (χ4v) is 1.29. The summed E-state index contributed by atoms with van der Waals surface area (Å²) in [5.74, 6) is 0.120. The van der Waals surface area contributed by atoms with E-state index in [1.54, 1.807) is 19.2 Å². The third-order valence-electron chi connectivity index (χ3n) is 2.27. The molecule has 0 amide bonds. The topological polar surface area (TPSA) is 73.3 Å². The number of hydrogen-bond donors (Lipinski definition) is 1. The Morgan fingerprint density at radius 2 is 2.18 bits per heavy atom. The van der Waals surface area contributed by atoms with Crippen molar-refractivity contribution in [3.05, 3.63) is 17.8 Å². The summed E-state index contributed by atoms with van der Waals surface area (Å²) in [7, 11) is 2.96. The van der Waals surface area contributed by atoms with Gasteiger partial charge in [-0.25, -0.2) is 4.79 Å². The molecular weight excluding hydrogens is 222 g/mol. The quantitative estimate of drug-likeness (QED) is 0.749. The van der Waals surface area contributed by atoms with Gasteiger partial charge in [-0.15, -0.1) is 10.2 Å². The van der Waals surface area contributed by atoms with Gasteiger partial charge in [-0.3, -0.25) is 0 Å². The van der Waals surface area contributed by atoms with Crippen molar-refractivity contribution in [1.82, 2.24) is 10.2 Å². The van der Waals surface area contributed by atoms with E-state index in [4.69, 9.17) is 4.74 Å². The van der Waals surface area contributed by atoms with E-state index in [2.05, 4.69) is 20.3 Å². The van der Waals surface area contributed by atoms with Crippen LogP contribution in [0.2, 0.25) is 0 Å². The van der Waals surface area contributed by atoms with Crippen molar-refractivity contribution in [3.63, 3.8) is 0 Å². The minimum Gasteiger partial charge on any atom is -0.464 e. The lowest BCUT2D eigenvalue weighted by molar-refractivity contribution is 0.0593. The van der Waals surface area contributed by atoms with Crippen molar-refractivity contribution >= 4 is 11.8 Å². The molecular formula is C11H17N3O3. The lowest BCUT2D eigenvalue weighted by Crippen LogP contribution is -2.24. The van der Waals surface area contributed by atoms with Gasteiger partial charge in [0, 0.05) is 7.11 Å². The lowest BCUT2D eigenvalue weighted by Gasteiger charge is -2.15. The van der Waals surface area contributed by atoms with Crippen molar-refractivity contribution in [3.8, 4) is 0 Å². The number of rotatable bonds is 6. The van der Waals surface area contributed by atoms with E-state index in [-0.39, 0.29) is 11.7 Å². The number of ether oxygens (including phenoxy) is 2. The van der Waals surface area contributed by atoms with Gasteiger partial charge < -0.3 is 14.8 Å². The number of methoxy groups -OCH3 is 2. The Morgan fingerprint density at radius 3 is 2.65 bits per heavy atom. The summed E-state index contributed by atoms with van der Waals surface area (Å²) in [6, 6.07) is 3.44. The van der Waals surface area contributed by atoms with Crippen LogP contribution >= 0.6 is 0 Å². The normalized spacial score (nSPS) is 11.9. The Labute approximate surface area is 100 Å². The number of anilines is 1. The number of nitrogens with one attached hydrogen (secondary N) is 1. The molecule has 0 aliphatic carbocycles. The van der Waals surface area contributed by atoms with Crippen LogP contribution in [0.25, 0.3) is 0 Å². The molecule has 1 atom stereocenters. The zero-order chi connectivity index (χ0) is 12.7. The molecule has 1 heterocycles. The Kier molecular flexibility index (Phi) is 5.35. The van der Waals surface area contributed by atoms with Crippen molar-refractivity contribution in [2.45, 2.75) is 19.4 Å². The second kappa shape index (κ2) is 6.80. The van der Waals surface area contributed by atoms with Gasteiger partial charge in [0.1, 0.15) is 5.82 Å². The molecule has 1 aromatic heterocycles. The molecule has 0 aromatic carbocycles. The van der Waals surface area contributed by atoms with Gasteiger partial charge in [-0.2, -0.15) is 0 Å². The molecule has 0 fully saturated rings. The molecule has 0 radical (unpaired) electrons. The number of carbonyl (C=O) groups is 1. The first kappa shape index (κ1) is 13.4. The van der Waals surface area contributed by atoms with Gasteiger partial charge in [0.25, 0.3) is 0 Å². The molecule has 6 heteroatoms. The van der Waals surface area contributed by atoms with E-state index in [9.17, 15) is 4.79 Å². The molecule has 1 rings (SSSR count). The number of aromatic nitrogens is 2. The second-order valence-corrected chi connectivity index (χ2v) is 3.50. The highest BCUT2D eigenvalue weighted by molar-refractivity contribution is 5.86. The monoisotopic (exact) mass is 239 g/mol. The summed E-state index contributed by atoms with van der Waals surface area (Å²) >= 11 is 0. The first-order chi connectivity index (χ1) is 8.21. The smallest absolute Gasteiger partial charge is 0.358 e. The number of carbonyl (C=O) groups excluding carboxylic acids is 1. The van der Waals surface area contributed by atoms with E-state index in [0.717, 1.165) is 6.42 Å². The van der Waals surface area contributed by atoms with Crippen LogP contribution in [0.5, 0.6) is 0 Å². The SMILES string of the molecule is CCC(COC)Nc1ccc(C(=O)OC)nn1. The molecule has 1 unspecified atom stereocenters. The molecule has 0 spiro atoms. The highest BCUT2D eigenvalue weighted by atomic mass is 16.5. The molecule has 0 aliphatic rings. The fraction of sp³-hybridized carbons (Fsp3) is 0.545. The molecule has 1 N–H and O–H groups in total. The average Bonchev–Trinajstić information content (AvgIpc) is 2.38. The lowest BCUT2D eigenvalue weighted by atomic mass is 10.2. The zero-order valence-electron chi connectivity index (χ0n) is 10.3. The van der Waals surface area contributed by atoms with E-state index in [0.29, 0.717) is 12.4 Å². The fourth-order valence-electron chi connectivity index (χ4n) is 1.29. The van der Waals surface area contributed by atoms with Crippen LogP contribution in [-0.2, 0) is 9.47 Å². The van der Waals surface area contributed by atoms with Crippen LogP contribution in [0.1, 0.15) is 23.8 Å². The largest absolute Gasteiger partial charge is 0.464 e. The standard InChI is InChI=1S/C11H17N3O3/c1-4-8(7-16-2)12-10-6-5-9(13-14-10)11(15)17-3/h5-6,8H,4,7H2,1-3H3,(H,12,14). The zero-order valence-corrected chi connectivity index (χ0v) is 10.3. The van der Waals surface area contributed by atoms with E-state index < -0.39 is 5.97 Å². The van der Waals surface area contributed by atoms with Crippen LogP contribution < -0.4 is 5.32 Å². The summed E-state index contributed by atoms with van der Waals surface area (Å²) in [6.45, 7) is 2.64. The first-order valence-electron chi connectivity index (χ1n) is 5.38. The van der Waals surface area contributed by atoms with Crippen LogP contribution in [0.4, 0.5) is 5.82 Å². The second-order valence-electron chi connectivity index (χ2n) is 3.50. The average molecular weight is 239 g/mol. The Balaban J connectivity index is 2.64. The van der Waals surface area contributed by atoms with Gasteiger partial charge in [-0.05, 0) is 18.6 Å². The minimum absolute atomic E-state index is 0.179. The van der Waals surface area contributed by atoms with Gasteiger partial charge in [0.15, 0.2) is 5.69 Å². The molecule has 0 saturated heterocycles. The summed E-state index contributed by atoms with van der Waals surface area (Å²) in [4.78, 5) is 11.1. The molecule has 94 valence electrons. The van der Waals surface area contributed by atoms with Crippen LogP contribution in [0.15, 0.2) is 12.1 Å². The first-order valence-corrected chi connectivity index (χ1v) is 5.38. The highest BCUT2D eigenvalue weighted by Gasteiger charge is 2.10. The van der Waals surface area contributed by atoms with Gasteiger partial charge in [0.05, 0.1) is 19.8 Å². The minimum atomic E-state index is -0.493. The Morgan fingerprint density at radius 1 is 1.41 bits per heavy atom. The van der Waals surface area contributed by atoms with E-state index >= 15 is 0 Å². The number of hydrogen-bond acceptors (Lipinski definition) is 6. The van der Waals surface area contributed by atoms with Gasteiger partial charge in [-0.1, -0.05) is 6.92 Å². The third kappa shape index (κ3) is 3.99. The number of nitrogens with zero attached hydrogens (tertiary/aromatic N) is 2. The maximum absolute atomic E-state index is 11.1. The Hall–Kier alpha value is -1.69. The van der Waals surface area contributed by atoms with E-state index in [1.807, 2.05) is 6.92 Å². The maximum Gasteiger partial charge on any atom is 0.358 e. The van der Waals surface area contributed by atoms with Crippen LogP contribution in [0, 0.1) is 0 Å². The summed E-state index contributed by atoms with van der Waals surface area (Å²) in [6.07, 6.45) is 0.911. The van der Waals surface area contributed by atoms with Crippen molar-refractivity contribution in [2.75, 3.05) is 26.1 Å². The van der Waals surface area contributed by atoms with Crippen molar-refractivity contribution < 1.29 is 14.3 Å². The molecule has 0 bridgehead atoms. The van der Waals surface area contributed by atoms with Crippen LogP contribution in [0.3, 0.4) is 0 Å². The summed E-state index contributed by atoms with van der Waals surface area (Å²) in [5, 5.41) is 10.8. The molecule has 17 heavy (non-hydrogen) atoms. The predicted molar refractivity (Wildman–Crippen MR) is 62.9 cm³/mol. The predicted octanol–water partition coefficient (Wildman–Crippen LogP) is 1.10. The highest BCUT2D eigenvalue weighted by Crippen LogP contribution is 2.06.